The predicted octanol–water partition coefficient (Wildman–Crippen LogP) is 2.30. The van der Waals surface area contributed by atoms with Crippen LogP contribution in [-0.2, 0) is 14.4 Å². The number of benzene rings is 1. The Labute approximate surface area is 139 Å². The number of piperidine rings is 1. The molecule has 6 nitrogen and oxygen atoms in total. The summed E-state index contributed by atoms with van der Waals surface area (Å²) in [5.74, 6) is -2.24. The highest BCUT2D eigenvalue weighted by atomic mass is 35.5. The number of hydrogen-bond acceptors (Lipinski definition) is 3. The van der Waals surface area contributed by atoms with E-state index in [1.54, 1.807) is 25.1 Å². The lowest BCUT2D eigenvalue weighted by Gasteiger charge is -2.30. The van der Waals surface area contributed by atoms with Crippen LogP contribution in [0.1, 0.15) is 24.8 Å². The van der Waals surface area contributed by atoms with E-state index in [0.29, 0.717) is 30.1 Å². The summed E-state index contributed by atoms with van der Waals surface area (Å²) in [7, 11) is 0. The van der Waals surface area contributed by atoms with Crippen molar-refractivity contribution in [2.45, 2.75) is 26.2 Å². The van der Waals surface area contributed by atoms with Crippen LogP contribution in [0.15, 0.2) is 18.2 Å². The van der Waals surface area contributed by atoms with Gasteiger partial charge in [0.05, 0.1) is 5.92 Å². The number of hydrogen-bond donors (Lipinski definition) is 2. The lowest BCUT2D eigenvalue weighted by molar-refractivity contribution is -0.145. The number of likely N-dealkylation sites (tertiary alicyclic amines) is 1. The summed E-state index contributed by atoms with van der Waals surface area (Å²) in [6.07, 6.45) is 0.892. The van der Waals surface area contributed by atoms with Crippen LogP contribution in [0.4, 0.5) is 5.69 Å². The van der Waals surface area contributed by atoms with E-state index >= 15 is 0 Å². The third-order valence-electron chi connectivity index (χ3n) is 3.98. The number of nitrogens with one attached hydrogen (secondary N) is 1. The Morgan fingerprint density at radius 3 is 2.83 bits per heavy atom. The molecule has 1 aliphatic rings. The minimum absolute atomic E-state index is 0.164. The van der Waals surface area contributed by atoms with Crippen LogP contribution in [0.3, 0.4) is 0 Å². The molecule has 0 bridgehead atoms. The molecule has 1 aromatic carbocycles. The fourth-order valence-electron chi connectivity index (χ4n) is 2.59. The number of nitrogens with zero attached hydrogens (tertiary/aromatic N) is 1. The molecule has 0 saturated carbocycles. The summed E-state index contributed by atoms with van der Waals surface area (Å²) in [5, 5.41) is 12.2. The van der Waals surface area contributed by atoms with Crippen molar-refractivity contribution in [3.8, 4) is 0 Å². The first-order valence-electron chi connectivity index (χ1n) is 7.44. The van der Waals surface area contributed by atoms with E-state index < -0.39 is 17.8 Å². The molecule has 1 heterocycles. The molecule has 2 amide bonds. The molecule has 0 unspecified atom stereocenters. The summed E-state index contributed by atoms with van der Waals surface area (Å²) in [6.45, 7) is 2.44. The number of carbonyl (C=O) groups is 3. The summed E-state index contributed by atoms with van der Waals surface area (Å²) < 4.78 is 0. The number of amides is 2. The van der Waals surface area contributed by atoms with E-state index in [2.05, 4.69) is 5.32 Å². The van der Waals surface area contributed by atoms with Crippen molar-refractivity contribution in [1.82, 2.24) is 4.90 Å². The Balaban J connectivity index is 1.93. The van der Waals surface area contributed by atoms with Crippen molar-refractivity contribution in [3.05, 3.63) is 28.8 Å². The van der Waals surface area contributed by atoms with Gasteiger partial charge in [-0.3, -0.25) is 14.4 Å². The van der Waals surface area contributed by atoms with Crippen molar-refractivity contribution in [2.24, 2.45) is 5.92 Å². The van der Waals surface area contributed by atoms with E-state index in [0.717, 1.165) is 5.56 Å². The van der Waals surface area contributed by atoms with Gasteiger partial charge in [-0.05, 0) is 37.5 Å². The molecule has 2 N–H and O–H groups in total. The van der Waals surface area contributed by atoms with Gasteiger partial charge >= 0.3 is 5.97 Å². The molecule has 7 heteroatoms. The lowest BCUT2D eigenvalue weighted by atomic mass is 9.98. The monoisotopic (exact) mass is 338 g/mol. The van der Waals surface area contributed by atoms with E-state index in [1.807, 2.05) is 0 Å². The smallest absolute Gasteiger partial charge is 0.308 e. The first-order chi connectivity index (χ1) is 10.9. The van der Waals surface area contributed by atoms with Gasteiger partial charge in [0.15, 0.2) is 0 Å². The van der Waals surface area contributed by atoms with E-state index in [9.17, 15) is 14.4 Å². The van der Waals surface area contributed by atoms with E-state index in [4.69, 9.17) is 16.7 Å². The van der Waals surface area contributed by atoms with Crippen molar-refractivity contribution in [1.29, 1.82) is 0 Å². The van der Waals surface area contributed by atoms with Gasteiger partial charge in [0.2, 0.25) is 11.8 Å². The number of carboxylic acids is 1. The highest BCUT2D eigenvalue weighted by molar-refractivity contribution is 6.31. The Bertz CT molecular complexity index is 633. The van der Waals surface area contributed by atoms with E-state index in [1.165, 1.54) is 4.90 Å². The molecule has 0 aromatic heterocycles. The fraction of sp³-hybridized carbons (Fsp3) is 0.438. The second kappa shape index (κ2) is 7.46. The zero-order valence-corrected chi connectivity index (χ0v) is 13.6. The Kier molecular flexibility index (Phi) is 5.60. The molecular weight excluding hydrogens is 320 g/mol. The second-order valence-electron chi connectivity index (χ2n) is 5.65. The quantitative estimate of drug-likeness (QED) is 0.825. The van der Waals surface area contributed by atoms with Crippen molar-refractivity contribution < 1.29 is 19.5 Å². The van der Waals surface area contributed by atoms with Crippen molar-refractivity contribution >= 4 is 35.1 Å². The molecule has 0 radical (unpaired) electrons. The molecule has 0 aliphatic carbocycles. The Morgan fingerprint density at radius 1 is 1.39 bits per heavy atom. The Morgan fingerprint density at radius 2 is 2.13 bits per heavy atom. The molecule has 124 valence electrons. The zero-order valence-electron chi connectivity index (χ0n) is 12.8. The SMILES string of the molecule is Cc1c(Cl)cccc1NC(=O)CC(=O)N1CCC[C@@H](C(=O)O)C1. The second-order valence-corrected chi connectivity index (χ2v) is 6.06. The van der Waals surface area contributed by atoms with Gasteiger partial charge in [-0.1, -0.05) is 17.7 Å². The van der Waals surface area contributed by atoms with Crippen molar-refractivity contribution in [2.75, 3.05) is 18.4 Å². The van der Waals surface area contributed by atoms with Crippen LogP contribution < -0.4 is 5.32 Å². The van der Waals surface area contributed by atoms with Crippen LogP contribution in [0.25, 0.3) is 0 Å². The fourth-order valence-corrected chi connectivity index (χ4v) is 2.77. The van der Waals surface area contributed by atoms with Crippen LogP contribution in [0, 0.1) is 12.8 Å². The molecule has 1 saturated heterocycles. The molecule has 0 spiro atoms. The highest BCUT2D eigenvalue weighted by Gasteiger charge is 2.28. The van der Waals surface area contributed by atoms with Gasteiger partial charge in [0, 0.05) is 23.8 Å². The highest BCUT2D eigenvalue weighted by Crippen LogP contribution is 2.23. The predicted molar refractivity (Wildman–Crippen MR) is 86.4 cm³/mol. The minimum atomic E-state index is -0.901. The largest absolute Gasteiger partial charge is 0.481 e. The maximum Gasteiger partial charge on any atom is 0.308 e. The third-order valence-corrected chi connectivity index (χ3v) is 4.39. The first kappa shape index (κ1) is 17.3. The first-order valence-corrected chi connectivity index (χ1v) is 7.82. The maximum atomic E-state index is 12.2. The number of anilines is 1. The molecule has 2 rings (SSSR count). The molecular formula is C16H19ClN2O4. The Hall–Kier alpha value is -2.08. The lowest BCUT2D eigenvalue weighted by Crippen LogP contribution is -2.43. The summed E-state index contributed by atoms with van der Waals surface area (Å²) in [4.78, 5) is 36.7. The maximum absolute atomic E-state index is 12.2. The van der Waals surface area contributed by atoms with Gasteiger partial charge in [-0.25, -0.2) is 0 Å². The number of carbonyl (C=O) groups excluding carboxylic acids is 2. The molecule has 1 aliphatic heterocycles. The summed E-state index contributed by atoms with van der Waals surface area (Å²) in [6, 6.07) is 5.15. The van der Waals surface area contributed by atoms with Crippen LogP contribution in [-0.4, -0.2) is 40.9 Å². The minimum Gasteiger partial charge on any atom is -0.481 e. The number of halogens is 1. The number of aliphatic carboxylic acids is 1. The summed E-state index contributed by atoms with van der Waals surface area (Å²) >= 11 is 5.99. The number of carboxylic acid groups (broad SMARTS) is 1. The number of rotatable bonds is 4. The van der Waals surface area contributed by atoms with E-state index in [-0.39, 0.29) is 18.9 Å². The van der Waals surface area contributed by atoms with Crippen molar-refractivity contribution in [3.63, 3.8) is 0 Å². The van der Waals surface area contributed by atoms with Gasteiger partial charge in [-0.15, -0.1) is 0 Å². The average molecular weight is 339 g/mol. The summed E-state index contributed by atoms with van der Waals surface area (Å²) in [5.41, 5.74) is 1.30. The van der Waals surface area contributed by atoms with Crippen LogP contribution in [0.5, 0.6) is 0 Å². The molecule has 1 atom stereocenters. The normalized spacial score (nSPS) is 17.7. The van der Waals surface area contributed by atoms with Gasteiger partial charge in [-0.2, -0.15) is 0 Å². The molecule has 1 fully saturated rings. The zero-order chi connectivity index (χ0) is 17.0. The van der Waals surface area contributed by atoms with Crippen LogP contribution in [0.2, 0.25) is 5.02 Å². The topological polar surface area (TPSA) is 86.7 Å². The standard InChI is InChI=1S/C16H19ClN2O4/c1-10-12(17)5-2-6-13(10)18-14(20)8-15(21)19-7-3-4-11(9-19)16(22)23/h2,5-6,11H,3-4,7-9H2,1H3,(H,18,20)(H,22,23)/t11-/m1/s1. The van der Waals surface area contributed by atoms with Gasteiger partial charge in [0.25, 0.3) is 0 Å². The molecule has 1 aromatic rings. The molecule has 23 heavy (non-hydrogen) atoms. The average Bonchev–Trinajstić information content (AvgIpc) is 2.52. The van der Waals surface area contributed by atoms with Crippen LogP contribution >= 0.6 is 11.6 Å². The van der Waals surface area contributed by atoms with Gasteiger partial charge < -0.3 is 15.3 Å². The van der Waals surface area contributed by atoms with Gasteiger partial charge in [0.1, 0.15) is 6.42 Å². The third kappa shape index (κ3) is 4.45.